The van der Waals surface area contributed by atoms with Crippen molar-refractivity contribution in [2.45, 2.75) is 6.92 Å². The van der Waals surface area contributed by atoms with Crippen LogP contribution in [-0.2, 0) is 0 Å². The molecule has 4 rings (SSSR count). The number of rotatable bonds is 6. The molecule has 7 nitrogen and oxygen atoms in total. The lowest BCUT2D eigenvalue weighted by Gasteiger charge is -2.12. The summed E-state index contributed by atoms with van der Waals surface area (Å²) in [6.07, 6.45) is 1.65. The van der Waals surface area contributed by atoms with Gasteiger partial charge in [0, 0.05) is 17.3 Å². The average Bonchev–Trinajstić information content (AvgIpc) is 3.19. The van der Waals surface area contributed by atoms with E-state index in [1.54, 1.807) is 54.7 Å². The van der Waals surface area contributed by atoms with E-state index in [0.717, 1.165) is 0 Å². The van der Waals surface area contributed by atoms with E-state index in [-0.39, 0.29) is 5.91 Å². The van der Waals surface area contributed by atoms with Gasteiger partial charge in [0.15, 0.2) is 11.2 Å². The predicted molar refractivity (Wildman–Crippen MR) is 114 cm³/mol. The molecule has 0 atom stereocenters. The Hall–Kier alpha value is -3.58. The molecule has 4 aromatic rings. The number of nitrogens with one attached hydrogen (secondary N) is 1. The molecule has 0 saturated heterocycles. The number of hydrogen-bond acceptors (Lipinski definition) is 6. The lowest BCUT2D eigenvalue weighted by Crippen LogP contribution is -2.13. The Morgan fingerprint density at radius 1 is 1.17 bits per heavy atom. The van der Waals surface area contributed by atoms with Crippen LogP contribution in [0.25, 0.3) is 22.7 Å². The number of hydrogen-bond donors (Lipinski definition) is 1. The minimum absolute atomic E-state index is 0.338. The second kappa shape index (κ2) is 8.42. The Labute approximate surface area is 177 Å². The van der Waals surface area contributed by atoms with E-state index in [1.807, 2.05) is 6.92 Å². The van der Waals surface area contributed by atoms with Crippen LogP contribution in [-0.4, -0.2) is 29.6 Å². The van der Waals surface area contributed by atoms with E-state index in [4.69, 9.17) is 25.5 Å². The van der Waals surface area contributed by atoms with Gasteiger partial charge in [0.25, 0.3) is 5.91 Å². The molecule has 2 aromatic carbocycles. The average molecular weight is 424 g/mol. The van der Waals surface area contributed by atoms with Crippen LogP contribution in [0.4, 0.5) is 5.69 Å². The lowest BCUT2D eigenvalue weighted by atomic mass is 10.1. The van der Waals surface area contributed by atoms with E-state index in [0.29, 0.717) is 57.1 Å². The molecule has 1 N–H and O–H groups in total. The van der Waals surface area contributed by atoms with Crippen molar-refractivity contribution in [3.05, 3.63) is 65.3 Å². The van der Waals surface area contributed by atoms with Crippen LogP contribution in [0.2, 0.25) is 5.02 Å². The first-order valence-electron chi connectivity index (χ1n) is 9.22. The number of benzene rings is 2. The number of amides is 1. The summed E-state index contributed by atoms with van der Waals surface area (Å²) in [4.78, 5) is 21.3. The van der Waals surface area contributed by atoms with Gasteiger partial charge in [-0.2, -0.15) is 4.98 Å². The highest BCUT2D eigenvalue weighted by Crippen LogP contribution is 2.32. The van der Waals surface area contributed by atoms with Crippen molar-refractivity contribution in [3.8, 4) is 23.0 Å². The van der Waals surface area contributed by atoms with Gasteiger partial charge in [-0.3, -0.25) is 4.79 Å². The molecule has 1 amide bonds. The third-order valence-corrected chi connectivity index (χ3v) is 4.65. The zero-order chi connectivity index (χ0) is 21.1. The Kier molecular flexibility index (Phi) is 5.54. The standard InChI is InChI=1S/C22H18ClN3O4/c1-3-29-17-8-6-13(11-15(17)23)21(27)25-16-12-14(7-9-18(16)28-2)22-26-20-19(30-22)5-4-10-24-20/h4-12H,3H2,1-2H3,(H,25,27). The second-order valence-corrected chi connectivity index (χ2v) is 6.70. The first-order valence-corrected chi connectivity index (χ1v) is 9.60. The summed E-state index contributed by atoms with van der Waals surface area (Å²) in [5.74, 6) is 1.08. The Morgan fingerprint density at radius 2 is 2.00 bits per heavy atom. The molecule has 30 heavy (non-hydrogen) atoms. The quantitative estimate of drug-likeness (QED) is 0.458. The fraction of sp³-hybridized carbons (Fsp3) is 0.136. The molecule has 2 heterocycles. The summed E-state index contributed by atoms with van der Waals surface area (Å²) < 4.78 is 16.6. The monoisotopic (exact) mass is 423 g/mol. The van der Waals surface area contributed by atoms with Crippen molar-refractivity contribution >= 4 is 34.4 Å². The van der Waals surface area contributed by atoms with Crippen LogP contribution in [0.15, 0.2) is 59.1 Å². The molecule has 0 aliphatic heterocycles. The van der Waals surface area contributed by atoms with Crippen molar-refractivity contribution in [1.29, 1.82) is 0 Å². The number of halogens is 1. The van der Waals surface area contributed by atoms with Gasteiger partial charge in [-0.05, 0) is 55.5 Å². The Morgan fingerprint density at radius 3 is 2.73 bits per heavy atom. The smallest absolute Gasteiger partial charge is 0.255 e. The van der Waals surface area contributed by atoms with Gasteiger partial charge in [-0.25, -0.2) is 4.98 Å². The van der Waals surface area contributed by atoms with Crippen LogP contribution < -0.4 is 14.8 Å². The number of oxazole rings is 1. The van der Waals surface area contributed by atoms with Crippen molar-refractivity contribution in [1.82, 2.24) is 9.97 Å². The third-order valence-electron chi connectivity index (χ3n) is 4.35. The van der Waals surface area contributed by atoms with Gasteiger partial charge >= 0.3 is 0 Å². The van der Waals surface area contributed by atoms with Crippen LogP contribution >= 0.6 is 11.6 Å². The van der Waals surface area contributed by atoms with Crippen LogP contribution in [0.3, 0.4) is 0 Å². The number of fused-ring (bicyclic) bond motifs is 1. The molecule has 0 unspecified atom stereocenters. The number of carbonyl (C=O) groups excluding carboxylic acids is 1. The number of methoxy groups -OCH3 is 1. The number of aromatic nitrogens is 2. The summed E-state index contributed by atoms with van der Waals surface area (Å²) in [5, 5.41) is 3.22. The van der Waals surface area contributed by atoms with E-state index in [2.05, 4.69) is 15.3 Å². The first kappa shape index (κ1) is 19.7. The molecular weight excluding hydrogens is 406 g/mol. The number of ether oxygens (including phenoxy) is 2. The maximum absolute atomic E-state index is 12.8. The molecule has 0 spiro atoms. The summed E-state index contributed by atoms with van der Waals surface area (Å²) in [6, 6.07) is 13.7. The molecular formula is C22H18ClN3O4. The minimum atomic E-state index is -0.338. The maximum Gasteiger partial charge on any atom is 0.255 e. The zero-order valence-electron chi connectivity index (χ0n) is 16.3. The van der Waals surface area contributed by atoms with Crippen molar-refractivity contribution < 1.29 is 18.7 Å². The fourth-order valence-corrected chi connectivity index (χ4v) is 3.18. The fourth-order valence-electron chi connectivity index (χ4n) is 2.94. The predicted octanol–water partition coefficient (Wildman–Crippen LogP) is 5.20. The molecule has 0 saturated carbocycles. The lowest BCUT2D eigenvalue weighted by molar-refractivity contribution is 0.102. The van der Waals surface area contributed by atoms with Gasteiger partial charge < -0.3 is 19.2 Å². The van der Waals surface area contributed by atoms with E-state index >= 15 is 0 Å². The van der Waals surface area contributed by atoms with Crippen molar-refractivity contribution in [2.24, 2.45) is 0 Å². The third kappa shape index (κ3) is 3.92. The van der Waals surface area contributed by atoms with E-state index in [9.17, 15) is 4.79 Å². The Balaban J connectivity index is 1.64. The van der Waals surface area contributed by atoms with Gasteiger partial charge in [-0.15, -0.1) is 0 Å². The highest BCUT2D eigenvalue weighted by atomic mass is 35.5. The summed E-state index contributed by atoms with van der Waals surface area (Å²) in [5.41, 5.74) is 2.63. The molecule has 0 fully saturated rings. The zero-order valence-corrected chi connectivity index (χ0v) is 17.1. The summed E-state index contributed by atoms with van der Waals surface area (Å²) in [6.45, 7) is 2.35. The molecule has 0 bridgehead atoms. The highest BCUT2D eigenvalue weighted by molar-refractivity contribution is 6.32. The number of pyridine rings is 1. The first-order chi connectivity index (χ1) is 14.6. The molecule has 0 radical (unpaired) electrons. The Bertz CT molecular complexity index is 1190. The van der Waals surface area contributed by atoms with Crippen LogP contribution in [0, 0.1) is 0 Å². The number of anilines is 1. The van der Waals surface area contributed by atoms with Crippen molar-refractivity contribution in [3.63, 3.8) is 0 Å². The van der Waals surface area contributed by atoms with Gasteiger partial charge in [0.2, 0.25) is 5.89 Å². The van der Waals surface area contributed by atoms with E-state index in [1.165, 1.54) is 7.11 Å². The van der Waals surface area contributed by atoms with E-state index < -0.39 is 0 Å². The van der Waals surface area contributed by atoms with Gasteiger partial charge in [-0.1, -0.05) is 11.6 Å². The highest BCUT2D eigenvalue weighted by Gasteiger charge is 2.15. The SMILES string of the molecule is CCOc1ccc(C(=O)Nc2cc(-c3nc4ncccc4o3)ccc2OC)cc1Cl. The van der Waals surface area contributed by atoms with Crippen LogP contribution in [0.1, 0.15) is 17.3 Å². The second-order valence-electron chi connectivity index (χ2n) is 6.29. The molecule has 2 aromatic heterocycles. The maximum atomic E-state index is 12.8. The minimum Gasteiger partial charge on any atom is -0.495 e. The topological polar surface area (TPSA) is 86.5 Å². The molecule has 0 aliphatic carbocycles. The van der Waals surface area contributed by atoms with Gasteiger partial charge in [0.1, 0.15) is 11.5 Å². The normalized spacial score (nSPS) is 10.8. The number of carbonyl (C=O) groups is 1. The molecule has 152 valence electrons. The summed E-state index contributed by atoms with van der Waals surface area (Å²) >= 11 is 6.20. The summed E-state index contributed by atoms with van der Waals surface area (Å²) in [7, 11) is 1.53. The molecule has 0 aliphatic rings. The largest absolute Gasteiger partial charge is 0.495 e. The number of nitrogens with zero attached hydrogens (tertiary/aromatic N) is 2. The van der Waals surface area contributed by atoms with Crippen molar-refractivity contribution in [2.75, 3.05) is 19.0 Å². The molecule has 8 heteroatoms. The van der Waals surface area contributed by atoms with Crippen LogP contribution in [0.5, 0.6) is 11.5 Å². The van der Waals surface area contributed by atoms with Gasteiger partial charge in [0.05, 0.1) is 24.4 Å².